The van der Waals surface area contributed by atoms with Gasteiger partial charge in [0, 0.05) is 32.2 Å². The molecule has 2 heterocycles. The van der Waals surface area contributed by atoms with E-state index in [1.165, 1.54) is 17.4 Å². The summed E-state index contributed by atoms with van der Waals surface area (Å²) in [4.78, 5) is 25.3. The molecule has 5 nitrogen and oxygen atoms in total. The van der Waals surface area contributed by atoms with Gasteiger partial charge in [0.2, 0.25) is 0 Å². The van der Waals surface area contributed by atoms with Gasteiger partial charge >= 0.3 is 0 Å². The van der Waals surface area contributed by atoms with Crippen LogP contribution in [0.4, 0.5) is 5.69 Å². The van der Waals surface area contributed by atoms with Crippen molar-refractivity contribution >= 4 is 46.1 Å². The number of anilines is 1. The molecule has 29 heavy (non-hydrogen) atoms. The second-order valence-corrected chi connectivity index (χ2v) is 8.12. The standard InChI is InChI=1S/C21H13Cl2N3O2S/c22-14-8-13(9-15(23)11-14)18-5-6-19(29-18)21(28)24-16-3-1-2-12(10-16)17-4-7-20(27)26-25-17/h1-11H,(H,24,28)(H,26,27). The first-order valence-electron chi connectivity index (χ1n) is 8.52. The summed E-state index contributed by atoms with van der Waals surface area (Å²) in [5.41, 5.74) is 2.60. The maximum Gasteiger partial charge on any atom is 0.265 e. The van der Waals surface area contributed by atoms with E-state index in [0.29, 0.717) is 26.3 Å². The minimum Gasteiger partial charge on any atom is -0.321 e. The molecule has 0 saturated heterocycles. The molecule has 0 spiro atoms. The molecule has 0 atom stereocenters. The summed E-state index contributed by atoms with van der Waals surface area (Å²) in [6.07, 6.45) is 0. The smallest absolute Gasteiger partial charge is 0.265 e. The van der Waals surface area contributed by atoms with Gasteiger partial charge in [-0.2, -0.15) is 5.10 Å². The lowest BCUT2D eigenvalue weighted by Crippen LogP contribution is -2.10. The van der Waals surface area contributed by atoms with Crippen LogP contribution >= 0.6 is 34.5 Å². The van der Waals surface area contributed by atoms with Crippen LogP contribution in [0, 0.1) is 0 Å². The molecule has 4 rings (SSSR count). The van der Waals surface area contributed by atoms with E-state index < -0.39 is 0 Å². The van der Waals surface area contributed by atoms with Crippen molar-refractivity contribution in [1.82, 2.24) is 10.2 Å². The van der Waals surface area contributed by atoms with Gasteiger partial charge in [-0.1, -0.05) is 35.3 Å². The fourth-order valence-corrected chi connectivity index (χ4v) is 4.18. The molecule has 2 aromatic heterocycles. The number of carbonyl (C=O) groups excluding carboxylic acids is 1. The zero-order valence-electron chi connectivity index (χ0n) is 14.8. The summed E-state index contributed by atoms with van der Waals surface area (Å²) in [6.45, 7) is 0. The van der Waals surface area contributed by atoms with Gasteiger partial charge in [-0.05, 0) is 54.1 Å². The van der Waals surface area contributed by atoms with E-state index in [1.807, 2.05) is 30.3 Å². The van der Waals surface area contributed by atoms with Crippen LogP contribution in [-0.4, -0.2) is 16.1 Å². The highest BCUT2D eigenvalue weighted by Gasteiger charge is 2.12. The Morgan fingerprint density at radius 3 is 2.45 bits per heavy atom. The van der Waals surface area contributed by atoms with E-state index in [0.717, 1.165) is 16.0 Å². The Bertz CT molecular complexity index is 1230. The molecule has 0 aliphatic heterocycles. The van der Waals surface area contributed by atoms with E-state index >= 15 is 0 Å². The van der Waals surface area contributed by atoms with E-state index in [1.54, 1.807) is 30.3 Å². The Morgan fingerprint density at radius 2 is 1.72 bits per heavy atom. The molecule has 8 heteroatoms. The van der Waals surface area contributed by atoms with Crippen LogP contribution in [0.15, 0.2) is 71.5 Å². The van der Waals surface area contributed by atoms with Crippen LogP contribution in [0.25, 0.3) is 21.7 Å². The Kier molecular flexibility index (Phi) is 5.49. The normalized spacial score (nSPS) is 10.7. The number of H-pyrrole nitrogens is 1. The predicted molar refractivity (Wildman–Crippen MR) is 118 cm³/mol. The number of benzene rings is 2. The van der Waals surface area contributed by atoms with Crippen LogP contribution in [-0.2, 0) is 0 Å². The minimum atomic E-state index is -0.271. The maximum absolute atomic E-state index is 12.7. The van der Waals surface area contributed by atoms with Crippen molar-refractivity contribution in [2.45, 2.75) is 0 Å². The lowest BCUT2D eigenvalue weighted by Gasteiger charge is -2.06. The third-order valence-corrected chi connectivity index (χ3v) is 5.64. The molecule has 0 saturated carbocycles. The molecule has 0 aliphatic rings. The third-order valence-electron chi connectivity index (χ3n) is 4.07. The van der Waals surface area contributed by atoms with Crippen molar-refractivity contribution in [1.29, 1.82) is 0 Å². The molecule has 0 unspecified atom stereocenters. The number of halogens is 2. The van der Waals surface area contributed by atoms with Crippen LogP contribution < -0.4 is 10.9 Å². The highest BCUT2D eigenvalue weighted by atomic mass is 35.5. The van der Waals surface area contributed by atoms with Crippen LogP contribution in [0.3, 0.4) is 0 Å². The molecule has 0 fully saturated rings. The van der Waals surface area contributed by atoms with E-state index in [-0.39, 0.29) is 11.5 Å². The van der Waals surface area contributed by atoms with Crippen LogP contribution in [0.1, 0.15) is 9.67 Å². The monoisotopic (exact) mass is 441 g/mol. The van der Waals surface area contributed by atoms with Crippen molar-refractivity contribution < 1.29 is 4.79 Å². The van der Waals surface area contributed by atoms with E-state index in [2.05, 4.69) is 15.5 Å². The lowest BCUT2D eigenvalue weighted by molar-refractivity contribution is 0.103. The number of nitrogens with one attached hydrogen (secondary N) is 2. The fourth-order valence-electron chi connectivity index (χ4n) is 2.77. The first-order chi connectivity index (χ1) is 14.0. The third kappa shape index (κ3) is 4.56. The number of aromatic amines is 1. The van der Waals surface area contributed by atoms with Crippen LogP contribution in [0.5, 0.6) is 0 Å². The maximum atomic E-state index is 12.7. The summed E-state index contributed by atoms with van der Waals surface area (Å²) in [7, 11) is 0. The summed E-state index contributed by atoms with van der Waals surface area (Å²) >= 11 is 13.5. The second kappa shape index (κ2) is 8.21. The largest absolute Gasteiger partial charge is 0.321 e. The molecular weight excluding hydrogens is 429 g/mol. The van der Waals surface area contributed by atoms with Gasteiger partial charge in [0.15, 0.2) is 0 Å². The molecule has 4 aromatic rings. The second-order valence-electron chi connectivity index (χ2n) is 6.16. The van der Waals surface area contributed by atoms with Gasteiger partial charge in [0.05, 0.1) is 10.6 Å². The first kappa shape index (κ1) is 19.4. The Labute approximate surface area is 179 Å². The lowest BCUT2D eigenvalue weighted by atomic mass is 10.1. The van der Waals surface area contributed by atoms with Gasteiger partial charge in [-0.15, -0.1) is 11.3 Å². The van der Waals surface area contributed by atoms with Crippen molar-refractivity contribution in [3.05, 3.63) is 92.0 Å². The molecule has 0 radical (unpaired) electrons. The highest BCUT2D eigenvalue weighted by molar-refractivity contribution is 7.17. The topological polar surface area (TPSA) is 74.8 Å². The number of hydrogen-bond acceptors (Lipinski definition) is 4. The number of amides is 1. The van der Waals surface area contributed by atoms with Gasteiger partial charge < -0.3 is 5.32 Å². The fraction of sp³-hybridized carbons (Fsp3) is 0. The summed E-state index contributed by atoms with van der Waals surface area (Å²) < 4.78 is 0. The van der Waals surface area contributed by atoms with Crippen LogP contribution in [0.2, 0.25) is 10.0 Å². The Hall–Kier alpha value is -2.93. The van der Waals surface area contributed by atoms with Gasteiger partial charge in [0.25, 0.3) is 11.5 Å². The molecule has 1 amide bonds. The van der Waals surface area contributed by atoms with Crippen molar-refractivity contribution in [2.24, 2.45) is 0 Å². The predicted octanol–water partition coefficient (Wildman–Crippen LogP) is 5.72. The average Bonchev–Trinajstić information content (AvgIpc) is 3.18. The highest BCUT2D eigenvalue weighted by Crippen LogP contribution is 2.32. The van der Waals surface area contributed by atoms with Crippen molar-refractivity contribution in [3.63, 3.8) is 0 Å². The Morgan fingerprint density at radius 1 is 0.931 bits per heavy atom. The van der Waals surface area contributed by atoms with Gasteiger partial charge in [0.1, 0.15) is 0 Å². The summed E-state index contributed by atoms with van der Waals surface area (Å²) in [5.74, 6) is -0.221. The number of thiophene rings is 1. The van der Waals surface area contributed by atoms with E-state index in [4.69, 9.17) is 23.2 Å². The van der Waals surface area contributed by atoms with Gasteiger partial charge in [-0.25, -0.2) is 5.10 Å². The number of rotatable bonds is 4. The van der Waals surface area contributed by atoms with Crippen molar-refractivity contribution in [2.75, 3.05) is 5.32 Å². The number of aromatic nitrogens is 2. The molecule has 2 aromatic carbocycles. The number of nitrogens with zero attached hydrogens (tertiary/aromatic N) is 1. The van der Waals surface area contributed by atoms with Gasteiger partial charge in [-0.3, -0.25) is 9.59 Å². The zero-order chi connectivity index (χ0) is 20.4. The summed E-state index contributed by atoms with van der Waals surface area (Å²) in [5, 5.41) is 10.4. The molecule has 0 bridgehead atoms. The number of carbonyl (C=O) groups is 1. The molecular formula is C21H13Cl2N3O2S. The average molecular weight is 442 g/mol. The SMILES string of the molecule is O=C(Nc1cccc(-c2ccc(=O)[nH]n2)c1)c1ccc(-c2cc(Cl)cc(Cl)c2)s1. The summed E-state index contributed by atoms with van der Waals surface area (Å²) in [6, 6.07) is 19.2. The number of hydrogen-bond donors (Lipinski definition) is 2. The van der Waals surface area contributed by atoms with E-state index in [9.17, 15) is 9.59 Å². The first-order valence-corrected chi connectivity index (χ1v) is 10.1. The quantitative estimate of drug-likeness (QED) is 0.424. The zero-order valence-corrected chi connectivity index (χ0v) is 17.1. The molecule has 2 N–H and O–H groups in total. The Balaban J connectivity index is 1.54. The van der Waals surface area contributed by atoms with Crippen molar-refractivity contribution in [3.8, 4) is 21.7 Å². The molecule has 144 valence electrons. The molecule has 0 aliphatic carbocycles. The minimum absolute atomic E-state index is 0.221.